The van der Waals surface area contributed by atoms with Gasteiger partial charge in [0, 0.05) is 22.6 Å². The van der Waals surface area contributed by atoms with Gasteiger partial charge >= 0.3 is 0 Å². The topological polar surface area (TPSA) is 38.3 Å². The number of fused-ring (bicyclic) bond motifs is 1. The van der Waals surface area contributed by atoms with Crippen LogP contribution in [0.25, 0.3) is 5.76 Å². The van der Waals surface area contributed by atoms with Crippen LogP contribution in [0.5, 0.6) is 5.75 Å². The summed E-state index contributed by atoms with van der Waals surface area (Å²) in [4.78, 5) is 13.1. The molecule has 5 rings (SSSR count). The van der Waals surface area contributed by atoms with Gasteiger partial charge in [-0.2, -0.15) is 0 Å². The maximum atomic E-state index is 12.5. The third-order valence-electron chi connectivity index (χ3n) is 5.39. The van der Waals surface area contributed by atoms with Gasteiger partial charge in [0.25, 0.3) is 5.91 Å². The zero-order valence-corrected chi connectivity index (χ0v) is 18.4. The molecule has 31 heavy (non-hydrogen) atoms. The third-order valence-corrected chi connectivity index (χ3v) is 6.55. The molecule has 0 saturated carbocycles. The molecule has 0 bridgehead atoms. The maximum Gasteiger partial charge on any atom is 0.263 e. The highest BCUT2D eigenvalue weighted by Crippen LogP contribution is 2.47. The lowest BCUT2D eigenvalue weighted by atomic mass is 9.81. The molecule has 1 unspecified atom stereocenters. The minimum absolute atomic E-state index is 0.0733. The number of para-hydroxylation sites is 1. The molecule has 152 valence electrons. The number of thioether (sulfide) groups is 1. The minimum atomic E-state index is -0.170. The van der Waals surface area contributed by atoms with Crippen LogP contribution in [-0.2, 0) is 4.79 Å². The number of thiocarbonyl (C=S) groups is 1. The van der Waals surface area contributed by atoms with Gasteiger partial charge in [-0.1, -0.05) is 102 Å². The predicted octanol–water partition coefficient (Wildman–Crippen LogP) is 5.96. The zero-order valence-electron chi connectivity index (χ0n) is 16.8. The number of aryl methyl sites for hydroxylation is 1. The maximum absolute atomic E-state index is 12.5. The SMILES string of the molecule is Cc1ccc(C2C(/C=C3\SC(=S)NC3=O)=C(c3ccccc3)Oc3ccccc32)cc1. The molecule has 2 heterocycles. The molecule has 3 nitrogen and oxygen atoms in total. The average molecular weight is 442 g/mol. The van der Waals surface area contributed by atoms with Gasteiger partial charge in [0.2, 0.25) is 0 Å². The summed E-state index contributed by atoms with van der Waals surface area (Å²) in [6.45, 7) is 2.08. The molecule has 0 radical (unpaired) electrons. The molecule has 1 fully saturated rings. The van der Waals surface area contributed by atoms with Crippen LogP contribution in [0.15, 0.2) is 95.4 Å². The number of ether oxygens (including phenoxy) is 1. The lowest BCUT2D eigenvalue weighted by Gasteiger charge is -2.30. The molecule has 0 spiro atoms. The number of benzene rings is 3. The first-order valence-corrected chi connectivity index (χ1v) is 11.2. The highest BCUT2D eigenvalue weighted by atomic mass is 32.2. The summed E-state index contributed by atoms with van der Waals surface area (Å²) < 4.78 is 6.91. The summed E-state index contributed by atoms with van der Waals surface area (Å²) in [5.74, 6) is 1.34. The van der Waals surface area contributed by atoms with Gasteiger partial charge in [-0.3, -0.25) is 4.79 Å². The van der Waals surface area contributed by atoms with Gasteiger partial charge in [-0.25, -0.2) is 0 Å². The highest BCUT2D eigenvalue weighted by molar-refractivity contribution is 8.26. The van der Waals surface area contributed by atoms with Crippen LogP contribution in [0.4, 0.5) is 0 Å². The Balaban J connectivity index is 1.78. The first-order chi connectivity index (χ1) is 15.1. The van der Waals surface area contributed by atoms with Crippen LogP contribution in [0.2, 0.25) is 0 Å². The zero-order chi connectivity index (χ0) is 21.4. The van der Waals surface area contributed by atoms with Crippen molar-refractivity contribution in [3.63, 3.8) is 0 Å². The quantitative estimate of drug-likeness (QED) is 0.402. The molecular formula is C26H19NO2S2. The van der Waals surface area contributed by atoms with E-state index in [2.05, 4.69) is 42.6 Å². The molecular weight excluding hydrogens is 422 g/mol. The first-order valence-electron chi connectivity index (χ1n) is 9.98. The van der Waals surface area contributed by atoms with Crippen molar-refractivity contribution < 1.29 is 9.53 Å². The third kappa shape index (κ3) is 3.82. The average Bonchev–Trinajstić information content (AvgIpc) is 3.11. The molecule has 1 amide bonds. The molecule has 3 aromatic rings. The smallest absolute Gasteiger partial charge is 0.263 e. The minimum Gasteiger partial charge on any atom is -0.456 e. The molecule has 5 heteroatoms. The van der Waals surface area contributed by atoms with Crippen molar-refractivity contribution in [1.29, 1.82) is 0 Å². The van der Waals surface area contributed by atoms with E-state index in [0.29, 0.717) is 9.23 Å². The van der Waals surface area contributed by atoms with Crippen LogP contribution >= 0.6 is 24.0 Å². The molecule has 2 aliphatic rings. The van der Waals surface area contributed by atoms with Gasteiger partial charge in [0.15, 0.2) is 0 Å². The Kier molecular flexibility index (Phi) is 5.22. The summed E-state index contributed by atoms with van der Waals surface area (Å²) >= 11 is 6.49. The second-order valence-electron chi connectivity index (χ2n) is 7.49. The van der Waals surface area contributed by atoms with Crippen molar-refractivity contribution >= 4 is 40.0 Å². The second kappa shape index (κ2) is 8.17. The lowest BCUT2D eigenvalue weighted by molar-refractivity contribution is -0.115. The molecule has 3 aromatic carbocycles. The molecule has 1 atom stereocenters. The van der Waals surface area contributed by atoms with Crippen molar-refractivity contribution in [3.05, 3.63) is 118 Å². The first kappa shape index (κ1) is 19.8. The molecule has 1 saturated heterocycles. The van der Waals surface area contributed by atoms with Gasteiger partial charge in [0.1, 0.15) is 15.8 Å². The van der Waals surface area contributed by atoms with E-state index in [1.54, 1.807) is 0 Å². The van der Waals surface area contributed by atoms with Crippen molar-refractivity contribution in [2.75, 3.05) is 0 Å². The number of hydrogen-bond donors (Lipinski definition) is 1. The molecule has 0 aliphatic carbocycles. The normalized spacial score (nSPS) is 19.3. The number of nitrogens with one attached hydrogen (secondary N) is 1. The van der Waals surface area contributed by atoms with E-state index in [9.17, 15) is 4.79 Å². The molecule has 1 N–H and O–H groups in total. The largest absolute Gasteiger partial charge is 0.456 e. The fraction of sp³-hybridized carbons (Fsp3) is 0.0769. The van der Waals surface area contributed by atoms with Crippen LogP contribution in [-0.4, -0.2) is 10.2 Å². The summed E-state index contributed by atoms with van der Waals surface area (Å²) in [5, 5.41) is 2.72. The predicted molar refractivity (Wildman–Crippen MR) is 130 cm³/mol. The number of hydrogen-bond acceptors (Lipinski definition) is 4. The van der Waals surface area contributed by atoms with E-state index in [4.69, 9.17) is 17.0 Å². The van der Waals surface area contributed by atoms with Crippen molar-refractivity contribution in [2.45, 2.75) is 12.8 Å². The summed E-state index contributed by atoms with van der Waals surface area (Å²) in [6, 6.07) is 26.6. The van der Waals surface area contributed by atoms with E-state index < -0.39 is 0 Å². The summed E-state index contributed by atoms with van der Waals surface area (Å²) in [6.07, 6.45) is 1.93. The standard InChI is InChI=1S/C26H19NO2S2/c1-16-11-13-17(14-12-16)23-19-9-5-6-10-21(19)29-24(18-7-3-2-4-8-18)20(23)15-22-25(28)27-26(30)31-22/h2-15,23H,1H3,(H,27,28,30)/b22-15-. The number of rotatable bonds is 3. The van der Waals surface area contributed by atoms with Crippen molar-refractivity contribution in [2.24, 2.45) is 0 Å². The monoisotopic (exact) mass is 441 g/mol. The van der Waals surface area contributed by atoms with E-state index in [1.807, 2.05) is 54.6 Å². The number of carbonyl (C=O) groups excluding carboxylic acids is 1. The van der Waals surface area contributed by atoms with Gasteiger partial charge < -0.3 is 10.1 Å². The van der Waals surface area contributed by atoms with Crippen LogP contribution in [0, 0.1) is 6.92 Å². The summed E-state index contributed by atoms with van der Waals surface area (Å²) in [7, 11) is 0. The van der Waals surface area contributed by atoms with Crippen molar-refractivity contribution in [1.82, 2.24) is 5.32 Å². The van der Waals surface area contributed by atoms with Crippen LogP contribution < -0.4 is 10.1 Å². The Labute approximate surface area is 190 Å². The van der Waals surface area contributed by atoms with Crippen LogP contribution in [0.1, 0.15) is 28.2 Å². The van der Waals surface area contributed by atoms with Gasteiger partial charge in [0.05, 0.1) is 4.91 Å². The number of carbonyl (C=O) groups is 1. The number of amides is 1. The Hall–Kier alpha value is -3.15. The van der Waals surface area contributed by atoms with E-state index >= 15 is 0 Å². The fourth-order valence-electron chi connectivity index (χ4n) is 3.92. The molecule has 2 aliphatic heterocycles. The fourth-order valence-corrected chi connectivity index (χ4v) is 4.96. The Morgan fingerprint density at radius 2 is 1.68 bits per heavy atom. The van der Waals surface area contributed by atoms with Crippen molar-refractivity contribution in [3.8, 4) is 5.75 Å². The van der Waals surface area contributed by atoms with Gasteiger partial charge in [-0.05, 0) is 24.6 Å². The summed E-state index contributed by atoms with van der Waals surface area (Å²) in [5.41, 5.74) is 5.33. The Morgan fingerprint density at radius 1 is 0.968 bits per heavy atom. The van der Waals surface area contributed by atoms with E-state index in [1.165, 1.54) is 17.3 Å². The van der Waals surface area contributed by atoms with E-state index in [0.717, 1.165) is 33.8 Å². The number of allylic oxidation sites excluding steroid dienone is 2. The van der Waals surface area contributed by atoms with E-state index in [-0.39, 0.29) is 11.8 Å². The molecule has 0 aromatic heterocycles. The van der Waals surface area contributed by atoms with Crippen LogP contribution in [0.3, 0.4) is 0 Å². The van der Waals surface area contributed by atoms with Gasteiger partial charge in [-0.15, -0.1) is 0 Å². The second-order valence-corrected chi connectivity index (χ2v) is 9.21. The lowest BCUT2D eigenvalue weighted by Crippen LogP contribution is -2.19. The Morgan fingerprint density at radius 3 is 2.39 bits per heavy atom. The highest BCUT2D eigenvalue weighted by Gasteiger charge is 2.32. The Bertz CT molecular complexity index is 1240.